The lowest BCUT2D eigenvalue weighted by molar-refractivity contribution is 0.0682. The van der Waals surface area contributed by atoms with Gasteiger partial charge in [-0.2, -0.15) is 0 Å². The van der Waals surface area contributed by atoms with Crippen molar-refractivity contribution in [2.75, 3.05) is 14.2 Å². The fraction of sp³-hybridized carbons (Fsp3) is 0.0833. The molecule has 0 aromatic heterocycles. The second-order valence-electron chi connectivity index (χ2n) is 6.72. The molecule has 0 aliphatic heterocycles. The highest BCUT2D eigenvalue weighted by Crippen LogP contribution is 2.48. The van der Waals surface area contributed by atoms with Gasteiger partial charge in [0, 0.05) is 11.1 Å². The van der Waals surface area contributed by atoms with Crippen LogP contribution in [0.5, 0.6) is 11.5 Å². The third-order valence-electron chi connectivity index (χ3n) is 5.12. The molecule has 0 atom stereocenters. The van der Waals surface area contributed by atoms with Crippen LogP contribution < -0.4 is 9.47 Å². The monoisotopic (exact) mass is 402 g/mol. The Labute approximate surface area is 171 Å². The molecule has 4 aromatic carbocycles. The molecule has 0 unspecified atom stereocenters. The van der Waals surface area contributed by atoms with Crippen LogP contribution in [0.25, 0.3) is 32.7 Å². The number of carboxylic acid groups (broad SMARTS) is 2. The molecule has 150 valence electrons. The quantitative estimate of drug-likeness (QED) is 0.484. The Hall–Kier alpha value is -4.06. The maximum Gasteiger partial charge on any atom is 0.339 e. The van der Waals surface area contributed by atoms with E-state index in [9.17, 15) is 19.8 Å². The molecule has 6 heteroatoms. The Kier molecular flexibility index (Phi) is 4.75. The van der Waals surface area contributed by atoms with Gasteiger partial charge in [-0.15, -0.1) is 0 Å². The zero-order chi connectivity index (χ0) is 21.4. The van der Waals surface area contributed by atoms with Gasteiger partial charge < -0.3 is 19.7 Å². The smallest absolute Gasteiger partial charge is 0.339 e. The molecule has 0 saturated heterocycles. The topological polar surface area (TPSA) is 93.1 Å². The van der Waals surface area contributed by atoms with Crippen molar-refractivity contribution in [2.24, 2.45) is 0 Å². The van der Waals surface area contributed by atoms with Crippen molar-refractivity contribution in [3.05, 3.63) is 71.8 Å². The van der Waals surface area contributed by atoms with Crippen LogP contribution in [-0.2, 0) is 0 Å². The summed E-state index contributed by atoms with van der Waals surface area (Å²) in [6, 6.07) is 17.7. The van der Waals surface area contributed by atoms with Crippen LogP contribution in [0.2, 0.25) is 0 Å². The van der Waals surface area contributed by atoms with E-state index in [1.54, 1.807) is 24.3 Å². The normalized spacial score (nSPS) is 10.9. The predicted octanol–water partition coefficient (Wildman–Crippen LogP) is 5.07. The van der Waals surface area contributed by atoms with E-state index >= 15 is 0 Å². The van der Waals surface area contributed by atoms with E-state index in [1.807, 2.05) is 36.4 Å². The van der Waals surface area contributed by atoms with Crippen molar-refractivity contribution in [1.82, 2.24) is 0 Å². The molecule has 0 bridgehead atoms. The molecule has 2 N–H and O–H groups in total. The number of carbonyl (C=O) groups is 2. The summed E-state index contributed by atoms with van der Waals surface area (Å²) in [5.41, 5.74) is 0.921. The van der Waals surface area contributed by atoms with E-state index in [-0.39, 0.29) is 22.6 Å². The molecule has 0 spiro atoms. The summed E-state index contributed by atoms with van der Waals surface area (Å²) in [7, 11) is 2.80. The zero-order valence-corrected chi connectivity index (χ0v) is 16.3. The molecule has 0 heterocycles. The summed E-state index contributed by atoms with van der Waals surface area (Å²) < 4.78 is 11.1. The third kappa shape index (κ3) is 2.90. The van der Waals surface area contributed by atoms with Crippen LogP contribution in [0, 0.1) is 0 Å². The SMILES string of the molecule is COc1c(C(=O)O)cc2ccccc2c1-c1c(OC)c(C(=O)O)cc2ccccc12. The van der Waals surface area contributed by atoms with Crippen molar-refractivity contribution >= 4 is 33.5 Å². The first-order chi connectivity index (χ1) is 14.5. The highest BCUT2D eigenvalue weighted by atomic mass is 16.5. The summed E-state index contributed by atoms with van der Waals surface area (Å²) in [4.78, 5) is 24.0. The van der Waals surface area contributed by atoms with Crippen LogP contribution in [0.3, 0.4) is 0 Å². The average Bonchev–Trinajstić information content (AvgIpc) is 2.76. The minimum Gasteiger partial charge on any atom is -0.495 e. The first-order valence-electron chi connectivity index (χ1n) is 9.14. The summed E-state index contributed by atoms with van der Waals surface area (Å²) in [6.07, 6.45) is 0. The maximum absolute atomic E-state index is 12.0. The second-order valence-corrected chi connectivity index (χ2v) is 6.72. The number of fused-ring (bicyclic) bond motifs is 2. The third-order valence-corrected chi connectivity index (χ3v) is 5.12. The van der Waals surface area contributed by atoms with Gasteiger partial charge in [0.05, 0.1) is 14.2 Å². The predicted molar refractivity (Wildman–Crippen MR) is 114 cm³/mol. The first kappa shape index (κ1) is 19.3. The fourth-order valence-electron chi connectivity index (χ4n) is 3.90. The second kappa shape index (κ2) is 7.40. The zero-order valence-electron chi connectivity index (χ0n) is 16.3. The Bertz CT molecular complexity index is 1220. The molecular weight excluding hydrogens is 384 g/mol. The van der Waals surface area contributed by atoms with E-state index in [0.717, 1.165) is 10.8 Å². The van der Waals surface area contributed by atoms with Gasteiger partial charge >= 0.3 is 11.9 Å². The molecule has 0 radical (unpaired) electrons. The molecular formula is C24H18O6. The van der Waals surface area contributed by atoms with Crippen LogP contribution in [0.4, 0.5) is 0 Å². The molecule has 4 rings (SSSR count). The van der Waals surface area contributed by atoms with Crippen LogP contribution in [-0.4, -0.2) is 36.4 Å². The number of hydrogen-bond acceptors (Lipinski definition) is 4. The van der Waals surface area contributed by atoms with Gasteiger partial charge in [0.2, 0.25) is 0 Å². The summed E-state index contributed by atoms with van der Waals surface area (Å²) in [5.74, 6) is -1.99. The molecule has 4 aromatic rings. The van der Waals surface area contributed by atoms with Gasteiger partial charge in [0.25, 0.3) is 0 Å². The molecule has 0 amide bonds. The van der Waals surface area contributed by atoms with Crippen molar-refractivity contribution in [2.45, 2.75) is 0 Å². The lowest BCUT2D eigenvalue weighted by atomic mass is 9.88. The van der Waals surface area contributed by atoms with Crippen LogP contribution in [0.1, 0.15) is 20.7 Å². The highest BCUT2D eigenvalue weighted by Gasteiger charge is 2.27. The average molecular weight is 402 g/mol. The number of ether oxygens (including phenoxy) is 2. The summed E-state index contributed by atoms with van der Waals surface area (Å²) in [6.45, 7) is 0. The van der Waals surface area contributed by atoms with Crippen molar-refractivity contribution in [3.63, 3.8) is 0 Å². The Morgan fingerprint density at radius 3 is 1.37 bits per heavy atom. The van der Waals surface area contributed by atoms with E-state index in [2.05, 4.69) is 0 Å². The number of carboxylic acids is 2. The van der Waals surface area contributed by atoms with Gasteiger partial charge in [-0.1, -0.05) is 48.5 Å². The highest BCUT2D eigenvalue weighted by molar-refractivity contribution is 6.15. The van der Waals surface area contributed by atoms with E-state index in [0.29, 0.717) is 21.9 Å². The van der Waals surface area contributed by atoms with Gasteiger partial charge in [-0.05, 0) is 33.7 Å². The number of aromatic carboxylic acids is 2. The van der Waals surface area contributed by atoms with Crippen molar-refractivity contribution in [3.8, 4) is 22.6 Å². The Morgan fingerprint density at radius 1 is 0.667 bits per heavy atom. The molecule has 0 aliphatic rings. The number of hydrogen-bond donors (Lipinski definition) is 2. The first-order valence-corrected chi connectivity index (χ1v) is 9.14. The minimum atomic E-state index is -1.14. The number of methoxy groups -OCH3 is 2. The van der Waals surface area contributed by atoms with Gasteiger partial charge in [0.15, 0.2) is 0 Å². The number of benzene rings is 4. The maximum atomic E-state index is 12.0. The molecule has 0 aliphatic carbocycles. The minimum absolute atomic E-state index is 0.0157. The van der Waals surface area contributed by atoms with Crippen LogP contribution >= 0.6 is 0 Å². The van der Waals surface area contributed by atoms with Crippen LogP contribution in [0.15, 0.2) is 60.7 Å². The Morgan fingerprint density at radius 2 is 1.03 bits per heavy atom. The fourth-order valence-corrected chi connectivity index (χ4v) is 3.90. The lowest BCUT2D eigenvalue weighted by Crippen LogP contribution is -2.06. The lowest BCUT2D eigenvalue weighted by Gasteiger charge is -2.20. The van der Waals surface area contributed by atoms with E-state index in [1.165, 1.54) is 14.2 Å². The number of rotatable bonds is 5. The molecule has 0 fully saturated rings. The molecule has 30 heavy (non-hydrogen) atoms. The van der Waals surface area contributed by atoms with Crippen molar-refractivity contribution in [1.29, 1.82) is 0 Å². The van der Waals surface area contributed by atoms with Gasteiger partial charge in [-0.25, -0.2) is 9.59 Å². The molecule has 6 nitrogen and oxygen atoms in total. The largest absolute Gasteiger partial charge is 0.495 e. The summed E-state index contributed by atoms with van der Waals surface area (Å²) >= 11 is 0. The van der Waals surface area contributed by atoms with Crippen molar-refractivity contribution < 1.29 is 29.3 Å². The summed E-state index contributed by atoms with van der Waals surface area (Å²) in [5, 5.41) is 22.4. The van der Waals surface area contributed by atoms with Gasteiger partial charge in [-0.3, -0.25) is 0 Å². The van der Waals surface area contributed by atoms with E-state index < -0.39 is 11.9 Å². The van der Waals surface area contributed by atoms with Gasteiger partial charge in [0.1, 0.15) is 22.6 Å². The standard InChI is InChI=1S/C24H18O6/c1-29-21-17(23(25)26)11-13-7-3-5-9-15(13)19(21)20-16-10-6-4-8-14(16)12-18(24(27)28)22(20)30-2/h3-12H,1-2H3,(H,25,26)(H,27,28). The Balaban J connectivity index is 2.32. The molecule has 0 saturated carbocycles. The van der Waals surface area contributed by atoms with E-state index in [4.69, 9.17) is 9.47 Å².